The summed E-state index contributed by atoms with van der Waals surface area (Å²) in [4.78, 5) is 4.91. The van der Waals surface area contributed by atoms with Crippen LogP contribution >= 0.6 is 11.3 Å². The third kappa shape index (κ3) is 3.69. The Morgan fingerprint density at radius 3 is 2.40 bits per heavy atom. The van der Waals surface area contributed by atoms with Crippen LogP contribution in [0.2, 0.25) is 0 Å². The number of hydrogen-bond acceptors (Lipinski definition) is 2. The van der Waals surface area contributed by atoms with Gasteiger partial charge in [-0.2, -0.15) is 0 Å². The molecule has 3 heterocycles. The number of pyridine rings is 1. The van der Waals surface area contributed by atoms with Gasteiger partial charge in [0.1, 0.15) is 0 Å². The van der Waals surface area contributed by atoms with Gasteiger partial charge in [0.25, 0.3) is 0 Å². The van der Waals surface area contributed by atoms with Crippen LogP contribution in [0.15, 0.2) is 85.1 Å². The van der Waals surface area contributed by atoms with E-state index >= 15 is 0 Å². The zero-order valence-electron chi connectivity index (χ0n) is 20.1. The summed E-state index contributed by atoms with van der Waals surface area (Å²) in [6.45, 7) is 6.92. The second-order valence-electron chi connectivity index (χ2n) is 10.7. The van der Waals surface area contributed by atoms with Crippen molar-refractivity contribution >= 4 is 82.3 Å². The normalized spacial score (nSPS) is 12.5. The van der Waals surface area contributed by atoms with Gasteiger partial charge in [-0.3, -0.25) is 0 Å². The van der Waals surface area contributed by atoms with Gasteiger partial charge in [-0.25, -0.2) is 0 Å². The van der Waals surface area contributed by atoms with Crippen LogP contribution in [0.4, 0.5) is 0 Å². The van der Waals surface area contributed by atoms with Gasteiger partial charge in [-0.15, -0.1) is 0 Å². The number of hydrogen-bond donors (Lipinski definition) is 0. The average molecular weight is 583 g/mol. The van der Waals surface area contributed by atoms with E-state index in [0.717, 1.165) is 6.42 Å². The Bertz CT molecular complexity index is 1880. The van der Waals surface area contributed by atoms with Gasteiger partial charge in [-0.1, -0.05) is 20.8 Å². The van der Waals surface area contributed by atoms with Gasteiger partial charge in [0.05, 0.1) is 0 Å². The average Bonchev–Trinajstić information content (AvgIpc) is 3.43. The maximum atomic E-state index is 4.91. The van der Waals surface area contributed by atoms with Crippen LogP contribution in [0.5, 0.6) is 0 Å². The van der Waals surface area contributed by atoms with E-state index in [1.54, 1.807) is 0 Å². The van der Waals surface area contributed by atoms with Gasteiger partial charge < -0.3 is 0 Å². The maximum absolute atomic E-state index is 4.91. The quantitative estimate of drug-likeness (QED) is 0.146. The van der Waals surface area contributed by atoms with Crippen molar-refractivity contribution in [1.29, 1.82) is 0 Å². The van der Waals surface area contributed by atoms with Crippen molar-refractivity contribution < 1.29 is 0 Å². The number of fused-ring (bicyclic) bond motifs is 7. The third-order valence-corrected chi connectivity index (χ3v) is 11.3. The minimum absolute atomic E-state index is 0.290. The van der Waals surface area contributed by atoms with E-state index in [9.17, 15) is 0 Å². The number of nitrogens with zero attached hydrogens (tertiary/aromatic N) is 1. The van der Waals surface area contributed by atoms with Gasteiger partial charge in [0.2, 0.25) is 0 Å². The summed E-state index contributed by atoms with van der Waals surface area (Å²) in [5.74, 6) is 0. The number of aromatic nitrogens is 1. The van der Waals surface area contributed by atoms with Gasteiger partial charge in [0.15, 0.2) is 0 Å². The molecule has 0 aliphatic heterocycles. The molecule has 7 aromatic rings. The first-order chi connectivity index (χ1) is 16.9. The fourth-order valence-corrected chi connectivity index (χ4v) is 9.85. The van der Waals surface area contributed by atoms with E-state index in [2.05, 4.69) is 99.6 Å². The van der Waals surface area contributed by atoms with Gasteiger partial charge >= 0.3 is 194 Å². The molecule has 3 heteroatoms. The van der Waals surface area contributed by atoms with Crippen molar-refractivity contribution in [3.63, 3.8) is 0 Å². The molecule has 0 fully saturated rings. The SMILES string of the molecule is CC(C)(C)Cc1ccc2cc3c(ccc4c5ccnc(-c6cc7ccccc7[te]6)c5sc34)cc2c1. The summed E-state index contributed by atoms with van der Waals surface area (Å²) in [6, 6.07) is 29.8. The second-order valence-corrected chi connectivity index (χ2v) is 14.8. The van der Waals surface area contributed by atoms with Crippen LogP contribution in [-0.2, 0) is 6.42 Å². The molecule has 0 unspecified atom stereocenters. The minimum atomic E-state index is -0.404. The molecule has 0 atom stereocenters. The standard InChI is InChI=1S/C32H25NSTe/c1-32(2,3)18-19-8-9-20-16-26-21(15-23(20)14-19)10-11-24-25-12-13-33-29(31(25)34-30(24)26)28-17-22-6-4-5-7-27(22)35-28/h4-17H,18H2,1-3H3. The van der Waals surface area contributed by atoms with Crippen molar-refractivity contribution in [2.24, 2.45) is 5.41 Å². The monoisotopic (exact) mass is 585 g/mol. The topological polar surface area (TPSA) is 12.9 Å². The zero-order valence-corrected chi connectivity index (χ0v) is 23.2. The molecule has 0 bridgehead atoms. The van der Waals surface area contributed by atoms with Crippen LogP contribution in [0.25, 0.3) is 59.8 Å². The summed E-state index contributed by atoms with van der Waals surface area (Å²) in [7, 11) is 0. The van der Waals surface area contributed by atoms with Crippen molar-refractivity contribution in [1.82, 2.24) is 4.98 Å². The fourth-order valence-electron chi connectivity index (χ4n) is 5.28. The van der Waals surface area contributed by atoms with Gasteiger partial charge in [-0.05, 0) is 5.41 Å². The summed E-state index contributed by atoms with van der Waals surface area (Å²) in [6.07, 6.45) is 3.09. The molecule has 0 radical (unpaired) electrons. The van der Waals surface area contributed by atoms with Crippen LogP contribution in [0.1, 0.15) is 26.3 Å². The van der Waals surface area contributed by atoms with Crippen LogP contribution in [0.3, 0.4) is 0 Å². The molecule has 0 amide bonds. The summed E-state index contributed by atoms with van der Waals surface area (Å²) in [5.41, 5.74) is 2.90. The molecule has 0 saturated carbocycles. The molecule has 0 N–H and O–H groups in total. The Morgan fingerprint density at radius 2 is 1.54 bits per heavy atom. The first-order valence-electron chi connectivity index (χ1n) is 12.1. The number of benzene rings is 4. The van der Waals surface area contributed by atoms with Crippen molar-refractivity contribution in [2.45, 2.75) is 27.2 Å². The van der Waals surface area contributed by atoms with Crippen molar-refractivity contribution in [2.75, 3.05) is 0 Å². The third-order valence-electron chi connectivity index (χ3n) is 6.78. The van der Waals surface area contributed by atoms with E-state index in [1.807, 2.05) is 17.5 Å². The number of thiophene rings is 1. The molecular weight excluding hydrogens is 558 g/mol. The summed E-state index contributed by atoms with van der Waals surface area (Å²) >= 11 is 1.52. The molecule has 0 aliphatic rings. The first kappa shape index (κ1) is 21.6. The Labute approximate surface area is 218 Å². The molecule has 0 saturated heterocycles. The fraction of sp³-hybridized carbons (Fsp3) is 0.156. The molecular formula is C32H25NSTe. The molecule has 1 nitrogen and oxygen atoms in total. The van der Waals surface area contributed by atoms with Crippen molar-refractivity contribution in [3.8, 4) is 9.27 Å². The van der Waals surface area contributed by atoms with Crippen LogP contribution in [-0.4, -0.2) is 25.4 Å². The number of rotatable bonds is 2. The Kier molecular flexibility index (Phi) is 4.87. The molecule has 170 valence electrons. The molecule has 0 spiro atoms. The van der Waals surface area contributed by atoms with Crippen LogP contribution < -0.4 is 0 Å². The zero-order chi connectivity index (χ0) is 23.7. The summed E-state index contributed by atoms with van der Waals surface area (Å²) < 4.78 is 5.69. The molecule has 4 aromatic carbocycles. The molecule has 35 heavy (non-hydrogen) atoms. The Morgan fingerprint density at radius 1 is 0.714 bits per heavy atom. The molecule has 0 aliphatic carbocycles. The molecule has 7 rings (SSSR count). The van der Waals surface area contributed by atoms with Crippen LogP contribution in [0, 0.1) is 5.41 Å². The van der Waals surface area contributed by atoms with E-state index in [0.29, 0.717) is 0 Å². The van der Waals surface area contributed by atoms with E-state index in [-0.39, 0.29) is 5.41 Å². The van der Waals surface area contributed by atoms with Crippen molar-refractivity contribution in [3.05, 3.63) is 90.6 Å². The predicted molar refractivity (Wildman–Crippen MR) is 155 cm³/mol. The molecule has 3 aromatic heterocycles. The summed E-state index contributed by atoms with van der Waals surface area (Å²) in [5, 5.41) is 9.39. The Hall–Kier alpha value is -2.70. The van der Waals surface area contributed by atoms with E-state index in [4.69, 9.17) is 4.98 Å². The van der Waals surface area contributed by atoms with E-state index < -0.39 is 20.4 Å². The first-order valence-corrected chi connectivity index (χ1v) is 15.2. The predicted octanol–water partition coefficient (Wildman–Crippen LogP) is 9.22. The van der Waals surface area contributed by atoms with Gasteiger partial charge in [0, 0.05) is 0 Å². The van der Waals surface area contributed by atoms with E-state index in [1.165, 1.54) is 65.3 Å². The second kappa shape index (κ2) is 7.90. The Balaban J connectivity index is 1.45.